The maximum absolute atomic E-state index is 14.5. The summed E-state index contributed by atoms with van der Waals surface area (Å²) in [5.41, 5.74) is -1.55. The Bertz CT molecular complexity index is 1150. The molecule has 3 aliphatic rings. The number of ether oxygens (including phenoxy) is 1. The van der Waals surface area contributed by atoms with E-state index in [1.54, 1.807) is 28.9 Å². The molecular weight excluding hydrogens is 506 g/mol. The smallest absolute Gasteiger partial charge is 0.249 e. The Labute approximate surface area is 238 Å². The zero-order valence-corrected chi connectivity index (χ0v) is 24.6. The van der Waals surface area contributed by atoms with Gasteiger partial charge in [-0.2, -0.15) is 0 Å². The standard InChI is InChI=1S/C32H45N3O5/c1-8-18-33(20-23-14-12-11-13-15-23)27(37)24-25-28(38)35(22(4)21-36)26(29(39)34(19-9-2)30(5,6)7)32(25)17-16-31(24,10-3)40-32/h8-9,11-15,22,24-26,36H,1-2,10,16-21H2,3-7H3/t22-,24+,25+,26?,31-,32?/m1/s1. The second kappa shape index (κ2) is 11.1. The van der Waals surface area contributed by atoms with E-state index in [2.05, 4.69) is 13.2 Å². The normalized spacial score (nSPS) is 29.7. The van der Waals surface area contributed by atoms with E-state index in [0.29, 0.717) is 38.9 Å². The topological polar surface area (TPSA) is 90.4 Å². The van der Waals surface area contributed by atoms with Crippen LogP contribution >= 0.6 is 0 Å². The van der Waals surface area contributed by atoms with Crippen molar-refractivity contribution in [3.05, 3.63) is 61.2 Å². The fourth-order valence-electron chi connectivity index (χ4n) is 7.23. The first-order valence-corrected chi connectivity index (χ1v) is 14.4. The van der Waals surface area contributed by atoms with Gasteiger partial charge in [0.15, 0.2) is 0 Å². The largest absolute Gasteiger partial charge is 0.394 e. The molecule has 8 heteroatoms. The van der Waals surface area contributed by atoms with Crippen LogP contribution in [0.2, 0.25) is 0 Å². The van der Waals surface area contributed by atoms with Gasteiger partial charge >= 0.3 is 0 Å². The Morgan fingerprint density at radius 3 is 2.35 bits per heavy atom. The van der Waals surface area contributed by atoms with Crippen LogP contribution in [0, 0.1) is 11.8 Å². The van der Waals surface area contributed by atoms with Gasteiger partial charge in [-0.1, -0.05) is 49.4 Å². The predicted molar refractivity (Wildman–Crippen MR) is 154 cm³/mol. The van der Waals surface area contributed by atoms with Gasteiger partial charge in [-0.3, -0.25) is 14.4 Å². The number of carbonyl (C=O) groups excluding carboxylic acids is 3. The number of nitrogens with zero attached hydrogens (tertiary/aromatic N) is 3. The number of amides is 3. The van der Waals surface area contributed by atoms with Crippen LogP contribution in [0.3, 0.4) is 0 Å². The quantitative estimate of drug-likeness (QED) is 0.425. The van der Waals surface area contributed by atoms with E-state index in [0.717, 1.165) is 5.56 Å². The Balaban J connectivity index is 1.82. The van der Waals surface area contributed by atoms with E-state index in [4.69, 9.17) is 4.74 Å². The molecule has 0 aliphatic carbocycles. The molecule has 1 aromatic carbocycles. The first-order valence-electron chi connectivity index (χ1n) is 14.4. The van der Waals surface area contributed by atoms with Gasteiger partial charge < -0.3 is 24.5 Å². The third kappa shape index (κ3) is 4.69. The van der Waals surface area contributed by atoms with Crippen molar-refractivity contribution < 1.29 is 24.2 Å². The summed E-state index contributed by atoms with van der Waals surface area (Å²) in [6.07, 6.45) is 5.01. The molecule has 3 aliphatic heterocycles. The van der Waals surface area contributed by atoms with E-state index in [1.807, 2.05) is 58.0 Å². The van der Waals surface area contributed by atoms with E-state index < -0.39 is 40.7 Å². The van der Waals surface area contributed by atoms with Crippen molar-refractivity contribution in [3.8, 4) is 0 Å². The molecule has 218 valence electrons. The van der Waals surface area contributed by atoms with Gasteiger partial charge in [0.05, 0.1) is 30.1 Å². The SMILES string of the molecule is C=CCN(Cc1ccccc1)C(=O)[C@@H]1[C@H]2C(=O)N([C@H](C)CO)C(C(=O)N(CC=C)C(C)(C)C)C23CC[C@@]1(CC)O3. The minimum atomic E-state index is -1.15. The lowest BCUT2D eigenvalue weighted by atomic mass is 9.64. The highest BCUT2D eigenvalue weighted by molar-refractivity contribution is 5.99. The molecule has 3 fully saturated rings. The van der Waals surface area contributed by atoms with Crippen molar-refractivity contribution in [2.45, 2.75) is 89.3 Å². The highest BCUT2D eigenvalue weighted by atomic mass is 16.5. The molecule has 2 unspecified atom stereocenters. The van der Waals surface area contributed by atoms with Crippen LogP contribution in [0.4, 0.5) is 0 Å². The molecule has 4 rings (SSSR count). The second-order valence-corrected chi connectivity index (χ2v) is 12.5. The van der Waals surface area contributed by atoms with Gasteiger partial charge in [0.2, 0.25) is 17.7 Å². The molecule has 8 nitrogen and oxygen atoms in total. The van der Waals surface area contributed by atoms with Crippen LogP contribution in [0.1, 0.15) is 59.4 Å². The summed E-state index contributed by atoms with van der Waals surface area (Å²) in [5.74, 6) is -2.25. The minimum Gasteiger partial charge on any atom is -0.394 e. The van der Waals surface area contributed by atoms with Crippen molar-refractivity contribution >= 4 is 17.7 Å². The van der Waals surface area contributed by atoms with Crippen LogP contribution in [0.25, 0.3) is 0 Å². The van der Waals surface area contributed by atoms with Crippen LogP contribution < -0.4 is 0 Å². The molecule has 3 saturated heterocycles. The number of hydrogen-bond acceptors (Lipinski definition) is 5. The first kappa shape index (κ1) is 30.0. The highest BCUT2D eigenvalue weighted by Crippen LogP contribution is 2.65. The summed E-state index contributed by atoms with van der Waals surface area (Å²) in [7, 11) is 0. The molecule has 0 radical (unpaired) electrons. The van der Waals surface area contributed by atoms with Gasteiger partial charge in [0.1, 0.15) is 11.6 Å². The van der Waals surface area contributed by atoms with E-state index in [1.165, 1.54) is 4.90 Å². The Kier molecular flexibility index (Phi) is 8.35. The van der Waals surface area contributed by atoms with Crippen LogP contribution in [0.15, 0.2) is 55.6 Å². The fraction of sp³-hybridized carbons (Fsp3) is 0.594. The van der Waals surface area contributed by atoms with Gasteiger partial charge in [-0.15, -0.1) is 13.2 Å². The zero-order valence-electron chi connectivity index (χ0n) is 24.6. The Hall–Kier alpha value is -2.97. The average Bonchev–Trinajstić information content (AvgIpc) is 3.53. The number of likely N-dealkylation sites (tertiary alicyclic amines) is 1. The summed E-state index contributed by atoms with van der Waals surface area (Å²) >= 11 is 0. The highest BCUT2D eigenvalue weighted by Gasteiger charge is 2.79. The van der Waals surface area contributed by atoms with Gasteiger partial charge in [-0.25, -0.2) is 0 Å². The molecule has 2 bridgehead atoms. The molecule has 1 N–H and O–H groups in total. The van der Waals surface area contributed by atoms with Gasteiger partial charge in [-0.05, 0) is 52.5 Å². The summed E-state index contributed by atoms with van der Waals surface area (Å²) in [5, 5.41) is 10.2. The monoisotopic (exact) mass is 551 g/mol. The number of benzene rings is 1. The van der Waals surface area contributed by atoms with E-state index in [9.17, 15) is 19.5 Å². The van der Waals surface area contributed by atoms with E-state index >= 15 is 0 Å². The number of aliphatic hydroxyl groups excluding tert-OH is 1. The number of aliphatic hydroxyl groups is 1. The number of carbonyl (C=O) groups is 3. The molecule has 0 aromatic heterocycles. The third-order valence-corrected chi connectivity index (χ3v) is 9.12. The van der Waals surface area contributed by atoms with Crippen molar-refractivity contribution in [1.29, 1.82) is 0 Å². The average molecular weight is 552 g/mol. The van der Waals surface area contributed by atoms with Crippen LogP contribution in [0.5, 0.6) is 0 Å². The number of hydrogen-bond donors (Lipinski definition) is 1. The van der Waals surface area contributed by atoms with Crippen molar-refractivity contribution in [2.24, 2.45) is 11.8 Å². The van der Waals surface area contributed by atoms with Crippen LogP contribution in [-0.2, 0) is 25.7 Å². The maximum atomic E-state index is 14.5. The Morgan fingerprint density at radius 1 is 1.15 bits per heavy atom. The Morgan fingerprint density at radius 2 is 1.80 bits per heavy atom. The maximum Gasteiger partial charge on any atom is 0.249 e. The molecule has 3 heterocycles. The summed E-state index contributed by atoms with van der Waals surface area (Å²) in [6.45, 7) is 18.0. The summed E-state index contributed by atoms with van der Waals surface area (Å²) in [6, 6.07) is 8.18. The number of rotatable bonds is 11. The number of fused-ring (bicyclic) bond motifs is 1. The van der Waals surface area contributed by atoms with Crippen molar-refractivity contribution in [3.63, 3.8) is 0 Å². The van der Waals surface area contributed by atoms with Crippen LogP contribution in [-0.4, -0.2) is 86.0 Å². The second-order valence-electron chi connectivity index (χ2n) is 12.5. The van der Waals surface area contributed by atoms with Gasteiger partial charge in [0, 0.05) is 25.2 Å². The zero-order chi connectivity index (χ0) is 29.5. The molecule has 1 aromatic rings. The lowest BCUT2D eigenvalue weighted by Gasteiger charge is -2.43. The lowest BCUT2D eigenvalue weighted by Crippen LogP contribution is -2.61. The molecule has 0 saturated carbocycles. The molecule has 3 amide bonds. The molecule has 40 heavy (non-hydrogen) atoms. The molecule has 6 atom stereocenters. The van der Waals surface area contributed by atoms with Gasteiger partial charge in [0.25, 0.3) is 0 Å². The van der Waals surface area contributed by atoms with E-state index in [-0.39, 0.29) is 24.3 Å². The molecule has 1 spiro atoms. The summed E-state index contributed by atoms with van der Waals surface area (Å²) in [4.78, 5) is 48.3. The third-order valence-electron chi connectivity index (χ3n) is 9.12. The van der Waals surface area contributed by atoms with Crippen molar-refractivity contribution in [2.75, 3.05) is 19.7 Å². The lowest BCUT2D eigenvalue weighted by molar-refractivity contribution is -0.160. The predicted octanol–water partition coefficient (Wildman–Crippen LogP) is 3.55. The molecular formula is C32H45N3O5. The summed E-state index contributed by atoms with van der Waals surface area (Å²) < 4.78 is 6.91. The van der Waals surface area contributed by atoms with Crippen molar-refractivity contribution in [1.82, 2.24) is 14.7 Å². The minimum absolute atomic E-state index is 0.158. The fourth-order valence-corrected chi connectivity index (χ4v) is 7.23. The first-order chi connectivity index (χ1) is 18.9.